The summed E-state index contributed by atoms with van der Waals surface area (Å²) in [5, 5.41) is 0. The lowest BCUT2D eigenvalue weighted by atomic mass is 9.79. The third-order valence-corrected chi connectivity index (χ3v) is 3.63. The van der Waals surface area contributed by atoms with Gasteiger partial charge in [0.2, 0.25) is 0 Å². The van der Waals surface area contributed by atoms with Crippen molar-refractivity contribution in [2.24, 2.45) is 5.73 Å². The number of benzene rings is 1. The molecule has 98 valence electrons. The Morgan fingerprint density at radius 2 is 1.83 bits per heavy atom. The molecule has 2 nitrogen and oxygen atoms in total. The Hall–Kier alpha value is -1.36. The fourth-order valence-corrected chi connectivity index (χ4v) is 2.48. The number of carbonyl (C=O) groups is 1. The summed E-state index contributed by atoms with van der Waals surface area (Å²) in [7, 11) is 0. The second-order valence-corrected chi connectivity index (χ2v) is 4.78. The highest BCUT2D eigenvalue weighted by Crippen LogP contribution is 2.39. The van der Waals surface area contributed by atoms with E-state index in [1.807, 2.05) is 0 Å². The molecule has 1 atom stereocenters. The van der Waals surface area contributed by atoms with Gasteiger partial charge >= 0.3 is 6.18 Å². The lowest BCUT2D eigenvalue weighted by molar-refractivity contribution is -0.137. The second-order valence-electron chi connectivity index (χ2n) is 4.78. The SMILES string of the molecule is NCC1(c2ccc(C(F)(F)F)cc2)CCC(=O)C1. The number of carbonyl (C=O) groups excluding carboxylic acids is 1. The van der Waals surface area contributed by atoms with Gasteiger partial charge in [-0.25, -0.2) is 0 Å². The van der Waals surface area contributed by atoms with E-state index in [4.69, 9.17) is 5.73 Å². The van der Waals surface area contributed by atoms with Crippen molar-refractivity contribution in [1.82, 2.24) is 0 Å². The van der Waals surface area contributed by atoms with E-state index < -0.39 is 17.2 Å². The van der Waals surface area contributed by atoms with Crippen LogP contribution in [0.4, 0.5) is 13.2 Å². The van der Waals surface area contributed by atoms with Crippen molar-refractivity contribution in [2.75, 3.05) is 6.54 Å². The Labute approximate surface area is 103 Å². The Morgan fingerprint density at radius 1 is 1.22 bits per heavy atom. The minimum Gasteiger partial charge on any atom is -0.330 e. The van der Waals surface area contributed by atoms with Crippen LogP contribution in [0.1, 0.15) is 30.4 Å². The maximum atomic E-state index is 12.5. The Morgan fingerprint density at radius 3 is 2.22 bits per heavy atom. The number of alkyl halides is 3. The molecule has 1 saturated carbocycles. The molecule has 1 unspecified atom stereocenters. The van der Waals surface area contributed by atoms with Crippen LogP contribution in [0.2, 0.25) is 0 Å². The van der Waals surface area contributed by atoms with Crippen LogP contribution in [0.15, 0.2) is 24.3 Å². The molecule has 0 aromatic heterocycles. The van der Waals surface area contributed by atoms with Crippen LogP contribution in [0.25, 0.3) is 0 Å². The van der Waals surface area contributed by atoms with Crippen LogP contribution in [-0.2, 0) is 16.4 Å². The maximum absolute atomic E-state index is 12.5. The van der Waals surface area contributed by atoms with Gasteiger partial charge in [0.15, 0.2) is 0 Å². The zero-order chi connectivity index (χ0) is 13.4. The molecular formula is C13H14F3NO. The molecule has 1 fully saturated rings. The highest BCUT2D eigenvalue weighted by molar-refractivity contribution is 5.83. The van der Waals surface area contributed by atoms with Gasteiger partial charge in [0.1, 0.15) is 5.78 Å². The smallest absolute Gasteiger partial charge is 0.330 e. The van der Waals surface area contributed by atoms with E-state index in [-0.39, 0.29) is 12.3 Å². The standard InChI is InChI=1S/C13H14F3NO/c14-13(15,16)10-3-1-9(2-4-10)12(8-17)6-5-11(18)7-12/h1-4H,5-8,17H2. The molecule has 1 aromatic rings. The fourth-order valence-electron chi connectivity index (χ4n) is 2.48. The zero-order valence-electron chi connectivity index (χ0n) is 9.76. The van der Waals surface area contributed by atoms with Gasteiger partial charge in [0, 0.05) is 24.8 Å². The molecule has 0 radical (unpaired) electrons. The molecule has 18 heavy (non-hydrogen) atoms. The molecule has 1 aliphatic rings. The Balaban J connectivity index is 2.31. The molecular weight excluding hydrogens is 243 g/mol. The molecule has 2 rings (SSSR count). The zero-order valence-corrected chi connectivity index (χ0v) is 9.76. The van der Waals surface area contributed by atoms with E-state index in [0.717, 1.165) is 17.7 Å². The largest absolute Gasteiger partial charge is 0.416 e. The van der Waals surface area contributed by atoms with Crippen molar-refractivity contribution in [1.29, 1.82) is 0 Å². The molecule has 0 amide bonds. The van der Waals surface area contributed by atoms with Crippen LogP contribution in [0, 0.1) is 0 Å². The molecule has 2 N–H and O–H groups in total. The number of rotatable bonds is 2. The normalized spacial score (nSPS) is 24.6. The average Bonchev–Trinajstić information content (AvgIpc) is 2.71. The first kappa shape index (κ1) is 13.1. The molecule has 5 heteroatoms. The molecule has 1 aliphatic carbocycles. The lowest BCUT2D eigenvalue weighted by Gasteiger charge is -2.27. The van der Waals surface area contributed by atoms with Gasteiger partial charge in [-0.15, -0.1) is 0 Å². The number of hydrogen-bond acceptors (Lipinski definition) is 2. The first-order chi connectivity index (χ1) is 8.37. The molecule has 1 aromatic carbocycles. The summed E-state index contributed by atoms with van der Waals surface area (Å²) in [6.07, 6.45) is -2.93. The first-order valence-electron chi connectivity index (χ1n) is 5.77. The Bertz CT molecular complexity index is 452. The van der Waals surface area contributed by atoms with Crippen LogP contribution < -0.4 is 5.73 Å². The van der Waals surface area contributed by atoms with E-state index in [9.17, 15) is 18.0 Å². The van der Waals surface area contributed by atoms with E-state index in [1.165, 1.54) is 12.1 Å². The summed E-state index contributed by atoms with van der Waals surface area (Å²) in [6, 6.07) is 4.98. The predicted molar refractivity (Wildman–Crippen MR) is 61.0 cm³/mol. The third kappa shape index (κ3) is 2.27. The van der Waals surface area contributed by atoms with Crippen molar-refractivity contribution in [3.05, 3.63) is 35.4 Å². The van der Waals surface area contributed by atoms with E-state index in [1.54, 1.807) is 0 Å². The van der Waals surface area contributed by atoms with Gasteiger partial charge in [-0.1, -0.05) is 12.1 Å². The van der Waals surface area contributed by atoms with Crippen molar-refractivity contribution in [3.63, 3.8) is 0 Å². The van der Waals surface area contributed by atoms with Gasteiger partial charge < -0.3 is 5.73 Å². The quantitative estimate of drug-likeness (QED) is 0.885. The van der Waals surface area contributed by atoms with Crippen LogP contribution >= 0.6 is 0 Å². The Kier molecular flexibility index (Phi) is 3.19. The molecule has 0 aliphatic heterocycles. The summed E-state index contributed by atoms with van der Waals surface area (Å²) in [6.45, 7) is 0.282. The molecule has 0 bridgehead atoms. The monoisotopic (exact) mass is 257 g/mol. The summed E-state index contributed by atoms with van der Waals surface area (Å²) >= 11 is 0. The minimum atomic E-state index is -4.33. The number of hydrogen-bond donors (Lipinski definition) is 1. The fraction of sp³-hybridized carbons (Fsp3) is 0.462. The van der Waals surface area contributed by atoms with E-state index in [2.05, 4.69) is 0 Å². The number of nitrogens with two attached hydrogens (primary N) is 1. The summed E-state index contributed by atoms with van der Waals surface area (Å²) in [5.74, 6) is 0.125. The molecule has 0 heterocycles. The van der Waals surface area contributed by atoms with Gasteiger partial charge in [0.05, 0.1) is 5.56 Å². The summed E-state index contributed by atoms with van der Waals surface area (Å²) in [4.78, 5) is 11.4. The third-order valence-electron chi connectivity index (χ3n) is 3.63. The van der Waals surface area contributed by atoms with Crippen molar-refractivity contribution < 1.29 is 18.0 Å². The van der Waals surface area contributed by atoms with Gasteiger partial charge in [-0.3, -0.25) is 4.79 Å². The second kappa shape index (κ2) is 4.39. The lowest BCUT2D eigenvalue weighted by Crippen LogP contribution is -2.32. The summed E-state index contributed by atoms with van der Waals surface area (Å²) < 4.78 is 37.4. The van der Waals surface area contributed by atoms with E-state index in [0.29, 0.717) is 19.3 Å². The van der Waals surface area contributed by atoms with Crippen molar-refractivity contribution in [2.45, 2.75) is 30.9 Å². The van der Waals surface area contributed by atoms with Gasteiger partial charge in [-0.2, -0.15) is 13.2 Å². The number of Topliss-reactive ketones (excluding diaryl/α,β-unsaturated/α-hetero) is 1. The van der Waals surface area contributed by atoms with E-state index >= 15 is 0 Å². The molecule has 0 saturated heterocycles. The molecule has 0 spiro atoms. The van der Waals surface area contributed by atoms with Gasteiger partial charge in [-0.05, 0) is 24.1 Å². The highest BCUT2D eigenvalue weighted by Gasteiger charge is 2.39. The van der Waals surface area contributed by atoms with Crippen molar-refractivity contribution in [3.8, 4) is 0 Å². The maximum Gasteiger partial charge on any atom is 0.416 e. The topological polar surface area (TPSA) is 43.1 Å². The number of halogens is 3. The van der Waals surface area contributed by atoms with Crippen molar-refractivity contribution >= 4 is 5.78 Å². The minimum absolute atomic E-state index is 0.125. The highest BCUT2D eigenvalue weighted by atomic mass is 19.4. The van der Waals surface area contributed by atoms with Gasteiger partial charge in [0.25, 0.3) is 0 Å². The predicted octanol–water partition coefficient (Wildman–Crippen LogP) is 2.65. The van der Waals surface area contributed by atoms with Crippen LogP contribution in [0.5, 0.6) is 0 Å². The summed E-state index contributed by atoms with van der Waals surface area (Å²) in [5.41, 5.74) is 5.29. The van der Waals surface area contributed by atoms with Crippen LogP contribution in [-0.4, -0.2) is 12.3 Å². The first-order valence-corrected chi connectivity index (χ1v) is 5.77. The van der Waals surface area contributed by atoms with Crippen LogP contribution in [0.3, 0.4) is 0 Å². The average molecular weight is 257 g/mol. The number of ketones is 1.